The largest absolute Gasteiger partial charge is 0.389 e. The van der Waals surface area contributed by atoms with Gasteiger partial charge in [0.2, 0.25) is 0 Å². The second-order valence-corrected chi connectivity index (χ2v) is 2.31. The number of nitrogens with one attached hydrogen (secondary N) is 1. The number of β-amino-alcohol motifs (C(OH)–C–C–N with tert-alkyl or cyclic N) is 1. The standard InChI is InChI=1S/C5H12N2O2/c6-1-3-5(9)4(8)2-7-3/h3-5,7-9H,1-2,6H2/t3-,4-,5+/m0/s1. The van der Waals surface area contributed by atoms with Crippen LogP contribution in [0.25, 0.3) is 0 Å². The summed E-state index contributed by atoms with van der Waals surface area (Å²) in [4.78, 5) is 0. The minimum absolute atomic E-state index is 0.125. The Bertz CT molecular complexity index is 99.0. The molecule has 0 amide bonds. The molecule has 0 spiro atoms. The highest BCUT2D eigenvalue weighted by molar-refractivity contribution is 4.90. The SMILES string of the molecule is NC[C@@H]1NC[C@H](O)[C@@H]1O. The van der Waals surface area contributed by atoms with Crippen molar-refractivity contribution >= 4 is 0 Å². The molecule has 0 bridgehead atoms. The van der Waals surface area contributed by atoms with Crippen molar-refractivity contribution in [2.45, 2.75) is 18.2 Å². The lowest BCUT2D eigenvalue weighted by Gasteiger charge is -2.12. The van der Waals surface area contributed by atoms with Gasteiger partial charge in [-0.25, -0.2) is 0 Å². The van der Waals surface area contributed by atoms with E-state index >= 15 is 0 Å². The predicted octanol–water partition coefficient (Wildman–Crippen LogP) is -2.36. The second kappa shape index (κ2) is 2.62. The average Bonchev–Trinajstić information content (AvgIpc) is 2.15. The number of aliphatic hydroxyl groups is 2. The number of rotatable bonds is 1. The highest BCUT2D eigenvalue weighted by Gasteiger charge is 2.31. The summed E-state index contributed by atoms with van der Waals surface area (Å²) >= 11 is 0. The summed E-state index contributed by atoms with van der Waals surface area (Å²) in [6, 6.07) is -0.125. The van der Waals surface area contributed by atoms with Gasteiger partial charge in [-0.2, -0.15) is 0 Å². The first-order valence-corrected chi connectivity index (χ1v) is 3.05. The smallest absolute Gasteiger partial charge is 0.0976 e. The quantitative estimate of drug-likeness (QED) is 0.322. The Labute approximate surface area is 53.7 Å². The van der Waals surface area contributed by atoms with Crippen LogP contribution in [0.2, 0.25) is 0 Å². The minimum atomic E-state index is -0.685. The second-order valence-electron chi connectivity index (χ2n) is 2.31. The van der Waals surface area contributed by atoms with Crippen LogP contribution in [0, 0.1) is 0 Å². The molecule has 0 aromatic heterocycles. The van der Waals surface area contributed by atoms with Gasteiger partial charge in [-0.1, -0.05) is 0 Å². The van der Waals surface area contributed by atoms with E-state index in [-0.39, 0.29) is 6.04 Å². The first kappa shape index (κ1) is 6.95. The zero-order valence-electron chi connectivity index (χ0n) is 5.12. The summed E-state index contributed by atoms with van der Waals surface area (Å²) in [5, 5.41) is 20.9. The summed E-state index contributed by atoms with van der Waals surface area (Å²) in [6.45, 7) is 0.821. The molecule has 1 aliphatic rings. The molecule has 0 aromatic carbocycles. The Morgan fingerprint density at radius 2 is 2.22 bits per heavy atom. The van der Waals surface area contributed by atoms with Crippen LogP contribution < -0.4 is 11.1 Å². The minimum Gasteiger partial charge on any atom is -0.389 e. The van der Waals surface area contributed by atoms with Crippen LogP contribution in [-0.4, -0.2) is 41.6 Å². The maximum atomic E-state index is 9.06. The van der Waals surface area contributed by atoms with E-state index in [1.807, 2.05) is 0 Å². The van der Waals surface area contributed by atoms with Crippen LogP contribution in [0.4, 0.5) is 0 Å². The van der Waals surface area contributed by atoms with Gasteiger partial charge in [0.25, 0.3) is 0 Å². The molecule has 1 saturated heterocycles. The van der Waals surface area contributed by atoms with E-state index in [9.17, 15) is 0 Å². The lowest BCUT2D eigenvalue weighted by atomic mass is 10.1. The molecular formula is C5H12N2O2. The summed E-state index contributed by atoms with van der Waals surface area (Å²) < 4.78 is 0. The van der Waals surface area contributed by atoms with Gasteiger partial charge in [-0.05, 0) is 0 Å². The Morgan fingerprint density at radius 3 is 2.44 bits per heavy atom. The Balaban J connectivity index is 2.41. The molecule has 0 unspecified atom stereocenters. The lowest BCUT2D eigenvalue weighted by molar-refractivity contribution is 0.0421. The van der Waals surface area contributed by atoms with Gasteiger partial charge >= 0.3 is 0 Å². The fourth-order valence-electron chi connectivity index (χ4n) is 1.00. The fourth-order valence-corrected chi connectivity index (χ4v) is 1.00. The summed E-state index contributed by atoms with van der Waals surface area (Å²) in [7, 11) is 0. The van der Waals surface area contributed by atoms with Crippen molar-refractivity contribution in [1.82, 2.24) is 5.32 Å². The first-order valence-electron chi connectivity index (χ1n) is 3.05. The molecule has 3 atom stereocenters. The van der Waals surface area contributed by atoms with Crippen molar-refractivity contribution in [3.63, 3.8) is 0 Å². The van der Waals surface area contributed by atoms with Gasteiger partial charge in [0.15, 0.2) is 0 Å². The molecule has 54 valence electrons. The van der Waals surface area contributed by atoms with E-state index in [2.05, 4.69) is 5.32 Å². The molecule has 0 saturated carbocycles. The molecule has 1 fully saturated rings. The number of hydrogen-bond donors (Lipinski definition) is 4. The van der Waals surface area contributed by atoms with E-state index in [0.717, 1.165) is 0 Å². The molecule has 0 aromatic rings. The molecule has 0 aliphatic carbocycles. The maximum absolute atomic E-state index is 9.06. The maximum Gasteiger partial charge on any atom is 0.0976 e. The van der Waals surface area contributed by atoms with E-state index in [4.69, 9.17) is 15.9 Å². The monoisotopic (exact) mass is 132 g/mol. The molecule has 1 aliphatic heterocycles. The van der Waals surface area contributed by atoms with Gasteiger partial charge in [0.1, 0.15) is 0 Å². The van der Waals surface area contributed by atoms with Crippen LogP contribution in [0.15, 0.2) is 0 Å². The molecular weight excluding hydrogens is 120 g/mol. The van der Waals surface area contributed by atoms with Crippen molar-refractivity contribution in [3.8, 4) is 0 Å². The normalized spacial score (nSPS) is 43.7. The van der Waals surface area contributed by atoms with Crippen molar-refractivity contribution in [1.29, 1.82) is 0 Å². The summed E-state index contributed by atoms with van der Waals surface area (Å²) in [6.07, 6.45) is -1.33. The Kier molecular flexibility index (Phi) is 2.02. The highest BCUT2D eigenvalue weighted by Crippen LogP contribution is 2.05. The van der Waals surface area contributed by atoms with Crippen molar-refractivity contribution in [2.75, 3.05) is 13.1 Å². The van der Waals surface area contributed by atoms with E-state index < -0.39 is 12.2 Å². The van der Waals surface area contributed by atoms with Crippen LogP contribution in [-0.2, 0) is 0 Å². The average molecular weight is 132 g/mol. The zero-order valence-corrected chi connectivity index (χ0v) is 5.12. The summed E-state index contributed by atoms with van der Waals surface area (Å²) in [5.74, 6) is 0. The number of nitrogens with two attached hydrogens (primary N) is 1. The van der Waals surface area contributed by atoms with Crippen LogP contribution in [0.3, 0.4) is 0 Å². The molecule has 0 radical (unpaired) electrons. The van der Waals surface area contributed by atoms with Gasteiger partial charge in [0.05, 0.1) is 12.2 Å². The molecule has 5 N–H and O–H groups in total. The van der Waals surface area contributed by atoms with Crippen LogP contribution >= 0.6 is 0 Å². The van der Waals surface area contributed by atoms with E-state index in [1.165, 1.54) is 0 Å². The van der Waals surface area contributed by atoms with E-state index in [0.29, 0.717) is 13.1 Å². The number of aliphatic hydroxyl groups excluding tert-OH is 2. The van der Waals surface area contributed by atoms with Crippen molar-refractivity contribution < 1.29 is 10.2 Å². The predicted molar refractivity (Wildman–Crippen MR) is 32.9 cm³/mol. The van der Waals surface area contributed by atoms with Crippen LogP contribution in [0.1, 0.15) is 0 Å². The molecule has 4 heteroatoms. The van der Waals surface area contributed by atoms with Crippen molar-refractivity contribution in [3.05, 3.63) is 0 Å². The zero-order chi connectivity index (χ0) is 6.85. The van der Waals surface area contributed by atoms with Gasteiger partial charge < -0.3 is 21.3 Å². The molecule has 9 heavy (non-hydrogen) atoms. The highest BCUT2D eigenvalue weighted by atomic mass is 16.3. The van der Waals surface area contributed by atoms with E-state index in [1.54, 1.807) is 0 Å². The van der Waals surface area contributed by atoms with Gasteiger partial charge in [-0.15, -0.1) is 0 Å². The third kappa shape index (κ3) is 1.21. The fraction of sp³-hybridized carbons (Fsp3) is 1.00. The first-order chi connectivity index (χ1) is 4.25. The lowest BCUT2D eigenvalue weighted by Crippen LogP contribution is -2.39. The van der Waals surface area contributed by atoms with Crippen molar-refractivity contribution in [2.24, 2.45) is 5.73 Å². The third-order valence-electron chi connectivity index (χ3n) is 1.65. The van der Waals surface area contributed by atoms with Gasteiger partial charge in [0, 0.05) is 19.1 Å². The third-order valence-corrected chi connectivity index (χ3v) is 1.65. The Morgan fingerprint density at radius 1 is 1.56 bits per heavy atom. The summed E-state index contributed by atoms with van der Waals surface area (Å²) in [5.41, 5.74) is 5.25. The van der Waals surface area contributed by atoms with Gasteiger partial charge in [-0.3, -0.25) is 0 Å². The Hall–Kier alpha value is -0.160. The topological polar surface area (TPSA) is 78.5 Å². The molecule has 4 nitrogen and oxygen atoms in total. The molecule has 1 rings (SSSR count). The van der Waals surface area contributed by atoms with Crippen LogP contribution in [0.5, 0.6) is 0 Å². The number of hydrogen-bond acceptors (Lipinski definition) is 4. The molecule has 1 heterocycles.